The molecule has 0 heterocycles. The van der Waals surface area contributed by atoms with Crippen molar-refractivity contribution in [3.63, 3.8) is 0 Å². The first kappa shape index (κ1) is 88.7. The van der Waals surface area contributed by atoms with Gasteiger partial charge in [0.2, 0.25) is 0 Å². The fourth-order valence-corrected chi connectivity index (χ4v) is 23.9. The van der Waals surface area contributed by atoms with Crippen LogP contribution in [0.25, 0.3) is 0 Å². The van der Waals surface area contributed by atoms with Gasteiger partial charge in [0.05, 0.1) is 61.6 Å². The van der Waals surface area contributed by atoms with Gasteiger partial charge < -0.3 is 4.74 Å². The molecule has 15 aromatic carbocycles. The smallest absolute Gasteiger partial charge is 0.166 e. The zero-order valence-corrected chi connectivity index (χ0v) is 75.9. The average Bonchev–Trinajstić information content (AvgIpc) is 0.788. The lowest BCUT2D eigenvalue weighted by Crippen LogP contribution is -2.13. The summed E-state index contributed by atoms with van der Waals surface area (Å²) in [6, 6.07) is 150. The van der Waals surface area contributed by atoms with Crippen molar-refractivity contribution in [2.24, 2.45) is 5.92 Å². The Morgan fingerprint density at radius 1 is 0.220 bits per heavy atom. The maximum absolute atomic E-state index is 5.26. The van der Waals surface area contributed by atoms with E-state index in [2.05, 4.69) is 497 Å². The van der Waals surface area contributed by atoms with Gasteiger partial charge in [-0.25, -0.2) is 0 Å². The lowest BCUT2D eigenvalue weighted by molar-refractivity contribution is 0.414. The van der Waals surface area contributed by atoms with Crippen LogP contribution >= 0.6 is 0 Å². The fraction of sp³-hybridized carbons (Fsp3) is 0.196. The molecule has 0 spiro atoms. The van der Waals surface area contributed by atoms with E-state index in [-0.39, 0.29) is 70.7 Å². The Hall–Kier alpha value is -10.2. The predicted molar refractivity (Wildman–Crippen MR) is 512 cm³/mol. The second kappa shape index (κ2) is 43.5. The van der Waals surface area contributed by atoms with Crippen molar-refractivity contribution in [1.29, 1.82) is 0 Å². The van der Waals surface area contributed by atoms with Crippen molar-refractivity contribution < 1.29 is 4.74 Å². The van der Waals surface area contributed by atoms with Crippen LogP contribution in [0.5, 0.6) is 5.75 Å². The lowest BCUT2D eigenvalue weighted by Gasteiger charge is -2.20. The highest BCUT2D eigenvalue weighted by atomic mass is 32.2. The molecule has 0 unspecified atom stereocenters. The normalized spacial score (nSPS) is 11.4. The molecule has 0 saturated carbocycles. The van der Waals surface area contributed by atoms with Gasteiger partial charge >= 0.3 is 0 Å². The van der Waals surface area contributed by atoms with E-state index in [1.165, 1.54) is 107 Å². The van der Waals surface area contributed by atoms with Gasteiger partial charge in [-0.15, -0.1) is 0 Å². The lowest BCUT2D eigenvalue weighted by atomic mass is 9.87. The van der Waals surface area contributed by atoms with Crippen LogP contribution in [0.3, 0.4) is 0 Å². The van der Waals surface area contributed by atoms with E-state index in [9.17, 15) is 0 Å². The van der Waals surface area contributed by atoms with Gasteiger partial charge in [-0.05, 0) is 268 Å². The van der Waals surface area contributed by atoms with E-state index < -0.39 is 0 Å². The summed E-state index contributed by atoms with van der Waals surface area (Å²) in [6.07, 6.45) is 2.22. The maximum atomic E-state index is 5.26. The number of aryl methyl sites for hydroxylation is 1. The molecule has 0 N–H and O–H groups in total. The van der Waals surface area contributed by atoms with Gasteiger partial charge in [0.15, 0.2) is 73.4 Å². The summed E-state index contributed by atoms with van der Waals surface area (Å²) < 4.78 is 5.26. The first-order valence-electron chi connectivity index (χ1n) is 41.4. The van der Waals surface area contributed by atoms with Crippen LogP contribution in [0.15, 0.2) is 486 Å². The summed E-state index contributed by atoms with van der Waals surface area (Å²) in [4.78, 5) is 20.4. The zero-order valence-electron chi connectivity index (χ0n) is 71.8. The molecule has 15 rings (SSSR count). The quantitative estimate of drug-likeness (QED) is 0.0691. The van der Waals surface area contributed by atoms with E-state index >= 15 is 0 Å². The Morgan fingerprint density at radius 3 is 0.576 bits per heavy atom. The molecule has 0 aliphatic rings. The monoisotopic (exact) mass is 1640 g/mol. The molecule has 0 radical (unpaired) electrons. The molecular weight excluding hydrogens is 1520 g/mol. The molecule has 0 atom stereocenters. The molecule has 0 aliphatic carbocycles. The molecule has 0 aromatic heterocycles. The van der Waals surface area contributed by atoms with Crippen LogP contribution in [0.2, 0.25) is 0 Å². The van der Waals surface area contributed by atoms with Gasteiger partial charge in [-0.3, -0.25) is 0 Å². The number of methoxy groups -OCH3 is 1. The highest BCUT2D eigenvalue weighted by molar-refractivity contribution is 7.98. The second-order valence-electron chi connectivity index (χ2n) is 33.0. The summed E-state index contributed by atoms with van der Waals surface area (Å²) in [5, 5.41) is 0. The molecule has 0 bridgehead atoms. The largest absolute Gasteiger partial charge is 0.497 e. The van der Waals surface area contributed by atoms with Crippen molar-refractivity contribution >= 4 is 54.5 Å². The van der Waals surface area contributed by atoms with Crippen molar-refractivity contribution in [1.82, 2.24) is 0 Å². The SMILES string of the molecule is CC(C)(C)c1ccc([S+](c2ccccc2)c2ccccc2)cc1.CC(C)Cc1ccc([S+](c2ccc(C(C)(C)C)cc2)c2ccc(C(C)(C)C)cc2)cc1.CC(C)c1ccc([S+](c2ccccc2)c2ccccc2)cc1.CCc1ccc([S+](c2ccccc2)c2ccccc2)cc1.COc1ccc([S+](c2ccccc2)c2ccccc2)cc1. The van der Waals surface area contributed by atoms with Crippen LogP contribution in [-0.2, 0) is 83.6 Å². The summed E-state index contributed by atoms with van der Waals surface area (Å²) in [7, 11) is 1.40. The minimum absolute atomic E-state index is 0.0249. The fourth-order valence-electron chi connectivity index (χ4n) is 13.6. The Balaban J connectivity index is 0.000000146. The van der Waals surface area contributed by atoms with Crippen molar-refractivity contribution in [3.8, 4) is 5.75 Å². The number of rotatable bonds is 20. The third-order valence-electron chi connectivity index (χ3n) is 20.1. The van der Waals surface area contributed by atoms with Crippen LogP contribution in [0.1, 0.15) is 136 Å². The van der Waals surface area contributed by atoms with Gasteiger partial charge in [0.1, 0.15) is 5.75 Å². The molecule has 15 aromatic rings. The molecule has 0 aliphatic heterocycles. The molecular formula is C112H119OS5+5. The zero-order chi connectivity index (χ0) is 83.4. The van der Waals surface area contributed by atoms with Crippen molar-refractivity contribution in [2.45, 2.75) is 205 Å². The number of hydrogen-bond donors (Lipinski definition) is 0. The molecule has 0 fully saturated rings. The van der Waals surface area contributed by atoms with Crippen molar-refractivity contribution in [3.05, 3.63) is 446 Å². The molecule has 0 saturated heterocycles. The van der Waals surface area contributed by atoms with Gasteiger partial charge in [-0.1, -0.05) is 315 Å². The van der Waals surface area contributed by atoms with E-state index in [0.717, 1.165) is 18.6 Å². The Morgan fingerprint density at radius 2 is 0.398 bits per heavy atom. The third-order valence-corrected chi connectivity index (χ3v) is 31.3. The molecule has 6 heteroatoms. The average molecular weight is 1640 g/mol. The van der Waals surface area contributed by atoms with Crippen LogP contribution in [0.4, 0.5) is 0 Å². The Kier molecular flexibility index (Phi) is 32.7. The number of ether oxygens (including phenoxy) is 1. The van der Waals surface area contributed by atoms with Gasteiger partial charge in [0.25, 0.3) is 0 Å². The van der Waals surface area contributed by atoms with E-state index in [1.54, 1.807) is 7.11 Å². The van der Waals surface area contributed by atoms with E-state index in [4.69, 9.17) is 4.74 Å². The second-order valence-corrected chi connectivity index (χ2v) is 43.1. The highest BCUT2D eigenvalue weighted by Crippen LogP contribution is 2.39. The number of benzene rings is 15. The van der Waals surface area contributed by atoms with E-state index in [1.807, 2.05) is 12.1 Å². The van der Waals surface area contributed by atoms with E-state index in [0.29, 0.717) is 11.8 Å². The predicted octanol–water partition coefficient (Wildman–Crippen LogP) is 30.7. The van der Waals surface area contributed by atoms with Crippen LogP contribution in [-0.4, -0.2) is 7.11 Å². The minimum Gasteiger partial charge on any atom is -0.497 e. The molecule has 0 amide bonds. The maximum Gasteiger partial charge on any atom is 0.166 e. The topological polar surface area (TPSA) is 9.23 Å². The Bertz CT molecular complexity index is 5000. The third kappa shape index (κ3) is 25.4. The first-order chi connectivity index (χ1) is 57.0. The van der Waals surface area contributed by atoms with Gasteiger partial charge in [0, 0.05) is 0 Å². The summed E-state index contributed by atoms with van der Waals surface area (Å²) in [6.45, 7) is 31.7. The Labute approximate surface area is 723 Å². The number of hydrogen-bond acceptors (Lipinski definition) is 1. The summed E-state index contributed by atoms with van der Waals surface area (Å²) in [5.74, 6) is 2.15. The molecule has 118 heavy (non-hydrogen) atoms. The molecule has 1 nitrogen and oxygen atoms in total. The summed E-state index contributed by atoms with van der Waals surface area (Å²) >= 11 is 0. The molecule has 598 valence electrons. The minimum atomic E-state index is -0.106. The van der Waals surface area contributed by atoms with Crippen molar-refractivity contribution in [2.75, 3.05) is 7.11 Å². The summed E-state index contributed by atoms with van der Waals surface area (Å²) in [5.41, 5.74) is 8.89. The first-order valence-corrected chi connectivity index (χ1v) is 47.5. The van der Waals surface area contributed by atoms with Crippen LogP contribution in [0, 0.1) is 5.92 Å². The van der Waals surface area contributed by atoms with Crippen LogP contribution < -0.4 is 4.74 Å². The standard InChI is InChI=1S/C30H39S.C22H23S.C21H21S.C20H19S.C19H17OS/c1-22(2)21-23-9-15-26(16-10-23)31(27-17-11-24(12-18-27)29(3,4)5)28-19-13-25(14-20-28)30(6,7)8;1-22(2,3)18-14-16-21(17-15-18)23(19-10-6-4-7-11-19)20-12-8-5-9-13-20;1-17(2)18-13-15-21(16-14-18)22(19-9-5-3-6-10-19)20-11-7-4-8-12-20;1-2-17-13-15-20(16-14-17)21(18-9-5-3-6-10-18)19-11-7-4-8-12-19;1-20-16-12-14-19(15-13-16)21(17-8-4-2-5-9-17)18-10-6-3-7-11-18/h9-20,22H,21H2,1-8H3;4-17H,1-3H3;3-17H,1-2H3;3-16H,2H2,1H3;2-15H,1H3/q5*+1. The van der Waals surface area contributed by atoms with Gasteiger partial charge in [-0.2, -0.15) is 0 Å². The highest BCUT2D eigenvalue weighted by Gasteiger charge is 2.34.